The number of hydrogen-bond donors (Lipinski definition) is 7. The Morgan fingerprint density at radius 1 is 0.741 bits per heavy atom. The minimum absolute atomic E-state index is 0.0592. The van der Waals surface area contributed by atoms with Crippen molar-refractivity contribution >= 4 is 45.2 Å². The van der Waals surface area contributed by atoms with E-state index in [0.717, 1.165) is 55.2 Å². The zero-order valence-electron chi connectivity index (χ0n) is 35.3. The van der Waals surface area contributed by atoms with Gasteiger partial charge in [0.1, 0.15) is 17.8 Å². The van der Waals surface area contributed by atoms with Gasteiger partial charge in [0.05, 0.1) is 19.3 Å². The van der Waals surface area contributed by atoms with E-state index >= 15 is 0 Å². The molecule has 0 fully saturated rings. The molecular weight excluding hydrogens is 773 g/mol. The number of amides is 4. The van der Waals surface area contributed by atoms with Gasteiger partial charge < -0.3 is 36.6 Å². The van der Waals surface area contributed by atoms with Gasteiger partial charge in [-0.2, -0.15) is 0 Å². The first kappa shape index (κ1) is 52.0. The van der Waals surface area contributed by atoms with Crippen molar-refractivity contribution in [3.63, 3.8) is 0 Å². The number of aromatic hydroxyl groups is 1. The van der Waals surface area contributed by atoms with Gasteiger partial charge in [0, 0.05) is 36.8 Å². The maximum absolute atomic E-state index is 13.8. The lowest BCUT2D eigenvalue weighted by atomic mass is 9.94. The molecule has 0 heterocycles. The van der Waals surface area contributed by atoms with E-state index in [0.29, 0.717) is 25.1 Å². The van der Waals surface area contributed by atoms with Crippen LogP contribution in [0.25, 0.3) is 0 Å². The fraction of sp³-hybridized carbons (Fsp3) is 0.511. The summed E-state index contributed by atoms with van der Waals surface area (Å²) in [6, 6.07) is 0.0661. The molecule has 4 amide bonds. The molecule has 13 heteroatoms. The van der Waals surface area contributed by atoms with Gasteiger partial charge >= 0.3 is 0 Å². The van der Waals surface area contributed by atoms with E-state index < -0.39 is 53.8 Å². The summed E-state index contributed by atoms with van der Waals surface area (Å²) in [5.41, 5.74) is 2.27. The van der Waals surface area contributed by atoms with Crippen LogP contribution in [0.3, 0.4) is 0 Å². The quantitative estimate of drug-likeness (QED) is 0.0261. The van der Waals surface area contributed by atoms with Crippen molar-refractivity contribution in [1.29, 1.82) is 0 Å². The summed E-state index contributed by atoms with van der Waals surface area (Å²) >= 11 is 0. The summed E-state index contributed by atoms with van der Waals surface area (Å²) in [4.78, 5) is 51.8. The third kappa shape index (κ3) is 23.4. The Balaban J connectivity index is 2.59. The molecule has 0 saturated heterocycles. The number of aliphatic hydroxyl groups is 2. The molecule has 11 nitrogen and oxygen atoms in total. The van der Waals surface area contributed by atoms with E-state index in [-0.39, 0.29) is 18.1 Å². The summed E-state index contributed by atoms with van der Waals surface area (Å²) < 4.78 is -0.912. The van der Waals surface area contributed by atoms with Crippen LogP contribution < -0.4 is 21.3 Å². The monoisotopic (exact) mass is 840 g/mol. The van der Waals surface area contributed by atoms with Crippen LogP contribution in [0.15, 0.2) is 85.0 Å². The van der Waals surface area contributed by atoms with E-state index in [2.05, 4.69) is 95.0 Å². The second-order valence-electron chi connectivity index (χ2n) is 14.3. The average molecular weight is 841 g/mol. The largest absolute Gasteiger partial charge is 0.508 e. The molecule has 0 aliphatic heterocycles. The molecule has 0 aromatic heterocycles. The maximum atomic E-state index is 13.8. The molecule has 0 saturated carbocycles. The van der Waals surface area contributed by atoms with Crippen LogP contribution in [0.4, 0.5) is 0 Å². The third-order valence-corrected chi connectivity index (χ3v) is 12.0. The number of rotatable bonds is 29. The van der Waals surface area contributed by atoms with Gasteiger partial charge in [-0.3, -0.25) is 19.2 Å². The zero-order valence-corrected chi connectivity index (χ0v) is 36.9. The Morgan fingerprint density at radius 3 is 1.72 bits per heavy atom. The van der Waals surface area contributed by atoms with Gasteiger partial charge in [-0.05, 0) is 101 Å². The van der Waals surface area contributed by atoms with Gasteiger partial charge in [0.25, 0.3) is 0 Å². The van der Waals surface area contributed by atoms with Crippen LogP contribution in [0.1, 0.15) is 95.8 Å². The highest BCUT2D eigenvalue weighted by Gasteiger charge is 2.39. The number of benzene rings is 1. The lowest BCUT2D eigenvalue weighted by Gasteiger charge is -2.34. The Morgan fingerprint density at radius 2 is 1.24 bits per heavy atom. The number of allylic oxidation sites excluding steroid dienone is 12. The molecule has 0 bridgehead atoms. The topological polar surface area (TPSA) is 177 Å². The summed E-state index contributed by atoms with van der Waals surface area (Å²) in [7, 11) is 2.78. The Labute approximate surface area is 354 Å². The second-order valence-corrected chi connectivity index (χ2v) is 17.4. The molecule has 0 unspecified atom stereocenters. The molecule has 0 spiro atoms. The molecule has 7 N–H and O–H groups in total. The first-order valence-corrected chi connectivity index (χ1v) is 22.4. The van der Waals surface area contributed by atoms with Crippen molar-refractivity contribution < 1.29 is 34.5 Å². The fourth-order valence-corrected chi connectivity index (χ4v) is 8.13. The van der Waals surface area contributed by atoms with Crippen LogP contribution in [0.2, 0.25) is 0 Å². The average Bonchev–Trinajstić information content (AvgIpc) is 3.17. The highest BCUT2D eigenvalue weighted by Crippen LogP contribution is 2.38. The normalized spacial score (nSPS) is 13.5. The smallest absolute Gasteiger partial charge is 0.244 e. The van der Waals surface area contributed by atoms with Crippen molar-refractivity contribution in [2.45, 2.75) is 122 Å². The Kier molecular flexibility index (Phi) is 27.7. The number of aryl methyl sites for hydroxylation is 2. The second kappa shape index (κ2) is 31.0. The van der Waals surface area contributed by atoms with Gasteiger partial charge in [-0.15, -0.1) is 0 Å². The standard InChI is InChI=1S/C45H68N4O7S2/c1-7-8-9-10-11-12-13-14-15-16-17-18-19-20-21-22-23-24-25-26-41(54)46-27-28-57-58-45(5,6)42(44(56)48-37(32-50)33-51)49-43(55)40(47-36(4)52)31-39-34(2)29-38(53)30-35(39)3/h8-9,11-12,14-15,17-18,20-21,23-24,29-30,37,40,42,50-51,53H,7,10,13,16,19,22,25-28,31-33H2,1-6H3,(H,46,54)(H,47,52)(H,48,56)(H,49,55)/b9-8-,12-11-,15-14-,18-17-,21-20-,24-23-/t40-,42+/m0/s1. The van der Waals surface area contributed by atoms with Crippen molar-refractivity contribution in [2.24, 2.45) is 0 Å². The van der Waals surface area contributed by atoms with Gasteiger partial charge in [0.2, 0.25) is 23.6 Å². The van der Waals surface area contributed by atoms with Crippen molar-refractivity contribution in [2.75, 3.05) is 25.5 Å². The minimum Gasteiger partial charge on any atom is -0.508 e. The fourth-order valence-electron chi connectivity index (χ4n) is 5.60. The predicted molar refractivity (Wildman–Crippen MR) is 242 cm³/mol. The molecule has 58 heavy (non-hydrogen) atoms. The van der Waals surface area contributed by atoms with Gasteiger partial charge in [0.15, 0.2) is 0 Å². The lowest BCUT2D eigenvalue weighted by Crippen LogP contribution is -2.61. The molecule has 0 aliphatic rings. The van der Waals surface area contributed by atoms with Crippen LogP contribution in [-0.2, 0) is 25.6 Å². The van der Waals surface area contributed by atoms with E-state index in [1.807, 2.05) is 6.08 Å². The third-order valence-electron chi connectivity index (χ3n) is 8.73. The Bertz CT molecular complexity index is 1560. The van der Waals surface area contributed by atoms with Gasteiger partial charge in [-0.25, -0.2) is 0 Å². The number of carbonyl (C=O) groups excluding carboxylic acids is 4. The maximum Gasteiger partial charge on any atom is 0.244 e. The van der Waals surface area contributed by atoms with Gasteiger partial charge in [-0.1, -0.05) is 101 Å². The lowest BCUT2D eigenvalue weighted by molar-refractivity contribution is -0.132. The highest BCUT2D eigenvalue weighted by molar-refractivity contribution is 8.77. The number of phenols is 1. The first-order chi connectivity index (χ1) is 27.7. The van der Waals surface area contributed by atoms with Crippen LogP contribution in [0.5, 0.6) is 5.75 Å². The summed E-state index contributed by atoms with van der Waals surface area (Å²) in [5.74, 6) is -1.07. The zero-order chi connectivity index (χ0) is 43.2. The predicted octanol–water partition coefficient (Wildman–Crippen LogP) is 6.76. The van der Waals surface area contributed by atoms with E-state index in [1.165, 1.54) is 28.5 Å². The molecule has 1 rings (SSSR count). The molecule has 0 aliphatic carbocycles. The molecule has 322 valence electrons. The minimum atomic E-state index is -1.13. The van der Waals surface area contributed by atoms with Crippen LogP contribution >= 0.6 is 21.6 Å². The van der Waals surface area contributed by atoms with Crippen LogP contribution in [-0.4, -0.2) is 87.3 Å². The Hall–Kier alpha value is -4.04. The molecule has 1 aromatic rings. The van der Waals surface area contributed by atoms with Crippen molar-refractivity contribution in [3.05, 3.63) is 102 Å². The van der Waals surface area contributed by atoms with Crippen molar-refractivity contribution in [1.82, 2.24) is 21.3 Å². The number of aliphatic hydroxyl groups excluding tert-OH is 2. The van der Waals surface area contributed by atoms with E-state index in [1.54, 1.807) is 39.8 Å². The van der Waals surface area contributed by atoms with Crippen LogP contribution in [0, 0.1) is 13.8 Å². The van der Waals surface area contributed by atoms with E-state index in [4.69, 9.17) is 0 Å². The highest BCUT2D eigenvalue weighted by atomic mass is 33.1. The molecule has 1 aromatic carbocycles. The molecule has 0 radical (unpaired) electrons. The first-order valence-electron chi connectivity index (χ1n) is 20.1. The summed E-state index contributed by atoms with van der Waals surface area (Å²) in [6.07, 6.45) is 32.5. The number of nitrogens with one attached hydrogen (secondary N) is 4. The summed E-state index contributed by atoms with van der Waals surface area (Å²) in [6.45, 7) is 10.0. The summed E-state index contributed by atoms with van der Waals surface area (Å²) in [5, 5.41) is 40.2. The molecule has 2 atom stereocenters. The number of phenolic OH excluding ortho intramolecular Hbond substituents is 1. The van der Waals surface area contributed by atoms with Crippen molar-refractivity contribution in [3.8, 4) is 5.75 Å². The number of hydrogen-bond acceptors (Lipinski definition) is 9. The molecular formula is C45H68N4O7S2. The van der Waals surface area contributed by atoms with E-state index in [9.17, 15) is 34.5 Å². The number of carbonyl (C=O) groups is 4. The SMILES string of the molecule is CC/C=C\C/C=C\C/C=C\C/C=C\C/C=C\C/C=C\CCC(=O)NCCSSC(C)(C)[C@H](NC(=O)[C@H](Cc1c(C)cc(O)cc1C)NC(C)=O)C(=O)NC(CO)CO.